The van der Waals surface area contributed by atoms with E-state index in [0.717, 1.165) is 11.4 Å². The smallest absolute Gasteiger partial charge is 0.127 e. The van der Waals surface area contributed by atoms with Gasteiger partial charge in [0.1, 0.15) is 10.8 Å². The lowest BCUT2D eigenvalue weighted by atomic mass is 10.2. The average Bonchev–Trinajstić information content (AvgIpc) is 2.90. The van der Waals surface area contributed by atoms with Gasteiger partial charge in [0.15, 0.2) is 0 Å². The standard InChI is InChI=1S/C12H12N4S/c1-2-10(12-15-5-6-17-12)16-11-7-9(8-13)3-4-14-11/h3-7,10H,2H2,1H3,(H,14,16). The SMILES string of the molecule is CCC(Nc1cc(C#N)ccn1)c1nccs1. The summed E-state index contributed by atoms with van der Waals surface area (Å²) < 4.78 is 0. The third-order valence-electron chi connectivity index (χ3n) is 2.37. The predicted octanol–water partition coefficient (Wildman–Crippen LogP) is 2.97. The Bertz CT molecular complexity index is 516. The minimum absolute atomic E-state index is 0.149. The molecule has 2 heterocycles. The van der Waals surface area contributed by atoms with Gasteiger partial charge in [-0.25, -0.2) is 9.97 Å². The first-order chi connectivity index (χ1) is 8.33. The van der Waals surface area contributed by atoms with Crippen molar-refractivity contribution in [2.75, 3.05) is 5.32 Å². The zero-order valence-electron chi connectivity index (χ0n) is 9.42. The maximum atomic E-state index is 8.82. The van der Waals surface area contributed by atoms with E-state index in [-0.39, 0.29) is 6.04 Å². The van der Waals surface area contributed by atoms with Crippen molar-refractivity contribution < 1.29 is 0 Å². The second kappa shape index (κ2) is 5.41. The third kappa shape index (κ3) is 2.80. The number of nitrogens with one attached hydrogen (secondary N) is 1. The van der Waals surface area contributed by atoms with Crippen LogP contribution in [0.1, 0.15) is 30.0 Å². The van der Waals surface area contributed by atoms with E-state index in [1.807, 2.05) is 5.38 Å². The Kier molecular flexibility index (Phi) is 3.68. The first kappa shape index (κ1) is 11.6. The maximum Gasteiger partial charge on any atom is 0.127 e. The van der Waals surface area contributed by atoms with Crippen LogP contribution >= 0.6 is 11.3 Å². The van der Waals surface area contributed by atoms with Gasteiger partial charge >= 0.3 is 0 Å². The monoisotopic (exact) mass is 244 g/mol. The zero-order valence-corrected chi connectivity index (χ0v) is 10.2. The summed E-state index contributed by atoms with van der Waals surface area (Å²) in [5, 5.41) is 15.1. The number of anilines is 1. The molecule has 5 heteroatoms. The lowest BCUT2D eigenvalue weighted by Gasteiger charge is -2.14. The van der Waals surface area contributed by atoms with Crippen molar-refractivity contribution in [1.29, 1.82) is 5.26 Å². The molecule has 0 fully saturated rings. The van der Waals surface area contributed by atoms with Crippen molar-refractivity contribution in [2.24, 2.45) is 0 Å². The van der Waals surface area contributed by atoms with Crippen LogP contribution in [0.3, 0.4) is 0 Å². The van der Waals surface area contributed by atoms with Gasteiger partial charge in [-0.1, -0.05) is 6.92 Å². The third-order valence-corrected chi connectivity index (χ3v) is 3.26. The van der Waals surface area contributed by atoms with Gasteiger partial charge in [0.05, 0.1) is 17.7 Å². The molecule has 17 heavy (non-hydrogen) atoms. The molecule has 1 unspecified atom stereocenters. The molecule has 0 saturated carbocycles. The quantitative estimate of drug-likeness (QED) is 0.898. The van der Waals surface area contributed by atoms with Gasteiger partial charge in [-0.3, -0.25) is 0 Å². The van der Waals surface area contributed by atoms with Crippen LogP contribution in [-0.2, 0) is 0 Å². The number of thiazole rings is 1. The van der Waals surface area contributed by atoms with E-state index < -0.39 is 0 Å². The van der Waals surface area contributed by atoms with Crippen molar-refractivity contribution in [3.05, 3.63) is 40.5 Å². The number of nitriles is 1. The fraction of sp³-hybridized carbons (Fsp3) is 0.250. The van der Waals surface area contributed by atoms with Gasteiger partial charge in [-0.2, -0.15) is 5.26 Å². The van der Waals surface area contributed by atoms with Gasteiger partial charge in [0.2, 0.25) is 0 Å². The van der Waals surface area contributed by atoms with Gasteiger partial charge in [0, 0.05) is 17.8 Å². The largest absolute Gasteiger partial charge is 0.361 e. The molecule has 0 aromatic carbocycles. The van der Waals surface area contributed by atoms with E-state index in [1.165, 1.54) is 0 Å². The van der Waals surface area contributed by atoms with Gasteiger partial charge < -0.3 is 5.32 Å². The van der Waals surface area contributed by atoms with Crippen molar-refractivity contribution >= 4 is 17.2 Å². The summed E-state index contributed by atoms with van der Waals surface area (Å²) in [5.41, 5.74) is 0.608. The second-order valence-electron chi connectivity index (χ2n) is 3.52. The molecule has 0 amide bonds. The molecule has 1 N–H and O–H groups in total. The highest BCUT2D eigenvalue weighted by Crippen LogP contribution is 2.23. The topological polar surface area (TPSA) is 61.6 Å². The number of pyridine rings is 1. The van der Waals surface area contributed by atoms with E-state index in [9.17, 15) is 0 Å². The fourth-order valence-corrected chi connectivity index (χ4v) is 2.28. The minimum Gasteiger partial charge on any atom is -0.361 e. The van der Waals surface area contributed by atoms with Crippen LogP contribution in [0.2, 0.25) is 0 Å². The van der Waals surface area contributed by atoms with Gasteiger partial charge in [-0.05, 0) is 18.6 Å². The van der Waals surface area contributed by atoms with Gasteiger partial charge in [-0.15, -0.1) is 11.3 Å². The first-order valence-electron chi connectivity index (χ1n) is 5.35. The predicted molar refractivity (Wildman–Crippen MR) is 67.7 cm³/mol. The summed E-state index contributed by atoms with van der Waals surface area (Å²) in [4.78, 5) is 8.49. The number of hydrogen-bond donors (Lipinski definition) is 1. The highest BCUT2D eigenvalue weighted by Gasteiger charge is 2.12. The van der Waals surface area contributed by atoms with Crippen LogP contribution in [0.25, 0.3) is 0 Å². The summed E-state index contributed by atoms with van der Waals surface area (Å²) in [7, 11) is 0. The molecule has 2 aromatic heterocycles. The molecule has 0 saturated heterocycles. The second-order valence-corrected chi connectivity index (χ2v) is 4.44. The molecule has 2 aromatic rings. The molecule has 0 aliphatic heterocycles. The van der Waals surface area contributed by atoms with E-state index in [0.29, 0.717) is 11.4 Å². The number of nitrogens with zero attached hydrogens (tertiary/aromatic N) is 3. The van der Waals surface area contributed by atoms with Crippen LogP contribution in [0.5, 0.6) is 0 Å². The lowest BCUT2D eigenvalue weighted by Crippen LogP contribution is -2.10. The highest BCUT2D eigenvalue weighted by atomic mass is 32.1. The van der Waals surface area contributed by atoms with Crippen LogP contribution in [-0.4, -0.2) is 9.97 Å². The Morgan fingerprint density at radius 2 is 2.35 bits per heavy atom. The van der Waals surface area contributed by atoms with Crippen LogP contribution in [0, 0.1) is 11.3 Å². The minimum atomic E-state index is 0.149. The number of aromatic nitrogens is 2. The zero-order chi connectivity index (χ0) is 12.1. The Morgan fingerprint density at radius 3 is 3.00 bits per heavy atom. The van der Waals surface area contributed by atoms with Crippen molar-refractivity contribution in [1.82, 2.24) is 9.97 Å². The molecule has 0 spiro atoms. The molecule has 0 bridgehead atoms. The molecule has 2 rings (SSSR count). The molecular weight excluding hydrogens is 232 g/mol. The summed E-state index contributed by atoms with van der Waals surface area (Å²) >= 11 is 1.62. The molecule has 86 valence electrons. The molecule has 4 nitrogen and oxygen atoms in total. The Balaban J connectivity index is 2.16. The first-order valence-corrected chi connectivity index (χ1v) is 6.23. The van der Waals surface area contributed by atoms with Crippen LogP contribution in [0.4, 0.5) is 5.82 Å². The van der Waals surface area contributed by atoms with E-state index in [2.05, 4.69) is 28.3 Å². The normalized spacial score (nSPS) is 11.8. The molecule has 0 radical (unpaired) electrons. The fourth-order valence-electron chi connectivity index (χ4n) is 1.50. The molecule has 0 aliphatic rings. The summed E-state index contributed by atoms with van der Waals surface area (Å²) in [6.45, 7) is 2.09. The van der Waals surface area contributed by atoms with Crippen molar-refractivity contribution in [3.63, 3.8) is 0 Å². The molecular formula is C12H12N4S. The maximum absolute atomic E-state index is 8.82. The lowest BCUT2D eigenvalue weighted by molar-refractivity contribution is 0.737. The van der Waals surface area contributed by atoms with E-state index >= 15 is 0 Å². The van der Waals surface area contributed by atoms with Crippen molar-refractivity contribution in [2.45, 2.75) is 19.4 Å². The van der Waals surface area contributed by atoms with Crippen LogP contribution in [0.15, 0.2) is 29.9 Å². The highest BCUT2D eigenvalue weighted by molar-refractivity contribution is 7.09. The van der Waals surface area contributed by atoms with E-state index in [1.54, 1.807) is 35.9 Å². The summed E-state index contributed by atoms with van der Waals surface area (Å²) in [5.74, 6) is 0.714. The Hall–Kier alpha value is -1.93. The van der Waals surface area contributed by atoms with Crippen molar-refractivity contribution in [3.8, 4) is 6.07 Å². The number of rotatable bonds is 4. The average molecular weight is 244 g/mol. The molecule has 0 aliphatic carbocycles. The van der Waals surface area contributed by atoms with E-state index in [4.69, 9.17) is 5.26 Å². The van der Waals surface area contributed by atoms with Gasteiger partial charge in [0.25, 0.3) is 0 Å². The number of hydrogen-bond acceptors (Lipinski definition) is 5. The summed E-state index contributed by atoms with van der Waals surface area (Å²) in [6.07, 6.45) is 4.35. The Labute approximate surface area is 104 Å². The molecule has 1 atom stereocenters. The Morgan fingerprint density at radius 1 is 1.47 bits per heavy atom. The summed E-state index contributed by atoms with van der Waals surface area (Å²) in [6, 6.07) is 5.69. The van der Waals surface area contributed by atoms with Crippen LogP contribution < -0.4 is 5.32 Å².